The molecule has 0 spiro atoms. The largest absolute Gasteiger partial charge is 0.365 e. The van der Waals surface area contributed by atoms with Crippen molar-refractivity contribution in [3.05, 3.63) is 99.5 Å². The highest BCUT2D eigenvalue weighted by Gasteiger charge is 2.39. The van der Waals surface area contributed by atoms with E-state index in [9.17, 15) is 14.4 Å². The molecule has 0 saturated carbocycles. The van der Waals surface area contributed by atoms with Crippen molar-refractivity contribution in [2.75, 3.05) is 4.90 Å². The van der Waals surface area contributed by atoms with Gasteiger partial charge in [-0.25, -0.2) is 9.69 Å². The molecule has 0 aliphatic carbocycles. The van der Waals surface area contributed by atoms with Gasteiger partial charge in [0.25, 0.3) is 11.8 Å². The molecule has 8 heteroatoms. The van der Waals surface area contributed by atoms with Crippen LogP contribution in [0.25, 0.3) is 0 Å². The molecule has 0 atom stereocenters. The van der Waals surface area contributed by atoms with E-state index < -0.39 is 17.8 Å². The van der Waals surface area contributed by atoms with Crippen molar-refractivity contribution in [1.82, 2.24) is 0 Å². The summed E-state index contributed by atoms with van der Waals surface area (Å²) in [7, 11) is 0. The number of halogens is 2. The third-order valence-corrected chi connectivity index (χ3v) is 4.90. The molecule has 0 saturated heterocycles. The molecule has 30 heavy (non-hydrogen) atoms. The van der Waals surface area contributed by atoms with Crippen LogP contribution in [-0.2, 0) is 9.63 Å². The van der Waals surface area contributed by atoms with Crippen molar-refractivity contribution in [1.29, 1.82) is 0 Å². The number of fused-ring (bicyclic) bond motifs is 1. The third-order valence-electron chi connectivity index (χ3n) is 4.40. The highest BCUT2D eigenvalue weighted by Crippen LogP contribution is 2.31. The van der Waals surface area contributed by atoms with Gasteiger partial charge in [0.05, 0.1) is 11.3 Å². The maximum atomic E-state index is 13.0. The molecule has 0 radical (unpaired) electrons. The van der Waals surface area contributed by atoms with Gasteiger partial charge in [0.1, 0.15) is 0 Å². The van der Waals surface area contributed by atoms with Crippen LogP contribution in [0, 0.1) is 0 Å². The quantitative estimate of drug-likeness (QED) is 0.336. The molecule has 3 aromatic rings. The van der Waals surface area contributed by atoms with Gasteiger partial charge in [-0.2, -0.15) is 0 Å². The minimum absolute atomic E-state index is 0.143. The number of amides is 2. The van der Waals surface area contributed by atoms with Gasteiger partial charge in [0.2, 0.25) is 0 Å². The van der Waals surface area contributed by atoms with Gasteiger partial charge in [0.15, 0.2) is 5.71 Å². The SMILES string of the molecule is O=C(O/N=C1/C(=O)N(C(=O)c2ccc(Cl)cc2)c2ccccc21)c1ccc(Cl)cc1. The smallest absolute Gasteiger partial charge is 0.312 e. The van der Waals surface area contributed by atoms with Gasteiger partial charge in [-0.1, -0.05) is 46.6 Å². The molecule has 0 N–H and O–H groups in total. The van der Waals surface area contributed by atoms with Crippen LogP contribution in [-0.4, -0.2) is 23.5 Å². The maximum absolute atomic E-state index is 13.0. The summed E-state index contributed by atoms with van der Waals surface area (Å²) < 4.78 is 0. The molecule has 6 nitrogen and oxygen atoms in total. The van der Waals surface area contributed by atoms with Gasteiger partial charge in [-0.15, -0.1) is 0 Å². The summed E-state index contributed by atoms with van der Waals surface area (Å²) in [6.07, 6.45) is 0. The number of hydrogen-bond donors (Lipinski definition) is 0. The number of oxime groups is 1. The second-order valence-corrected chi connectivity index (χ2v) is 7.17. The first kappa shape index (κ1) is 19.8. The Balaban J connectivity index is 1.65. The van der Waals surface area contributed by atoms with Gasteiger partial charge in [-0.05, 0) is 54.6 Å². The van der Waals surface area contributed by atoms with Gasteiger partial charge in [-0.3, -0.25) is 9.59 Å². The van der Waals surface area contributed by atoms with Crippen LogP contribution < -0.4 is 4.90 Å². The Morgan fingerprint density at radius 1 is 0.800 bits per heavy atom. The van der Waals surface area contributed by atoms with Crippen LogP contribution >= 0.6 is 23.2 Å². The van der Waals surface area contributed by atoms with Gasteiger partial charge < -0.3 is 4.84 Å². The fourth-order valence-corrected chi connectivity index (χ4v) is 3.19. The summed E-state index contributed by atoms with van der Waals surface area (Å²) in [4.78, 5) is 44.1. The van der Waals surface area contributed by atoms with Crippen molar-refractivity contribution < 1.29 is 19.2 Å². The zero-order valence-electron chi connectivity index (χ0n) is 15.2. The molecule has 4 rings (SSSR count). The van der Waals surface area contributed by atoms with Crippen molar-refractivity contribution in [3.8, 4) is 0 Å². The van der Waals surface area contributed by atoms with E-state index in [0.29, 0.717) is 21.3 Å². The Hall–Kier alpha value is -3.48. The molecule has 0 fully saturated rings. The highest BCUT2D eigenvalue weighted by atomic mass is 35.5. The number of carbonyl (C=O) groups excluding carboxylic acids is 3. The molecule has 0 unspecified atom stereocenters. The maximum Gasteiger partial charge on any atom is 0.365 e. The molecule has 1 heterocycles. The normalized spacial score (nSPS) is 14.0. The average Bonchev–Trinajstić information content (AvgIpc) is 3.03. The summed E-state index contributed by atoms with van der Waals surface area (Å²) in [6.45, 7) is 0. The number of carbonyl (C=O) groups is 3. The number of hydrogen-bond acceptors (Lipinski definition) is 5. The lowest BCUT2D eigenvalue weighted by atomic mass is 10.1. The van der Waals surface area contributed by atoms with E-state index in [1.807, 2.05) is 0 Å². The van der Waals surface area contributed by atoms with Crippen LogP contribution in [0.2, 0.25) is 10.0 Å². The number of benzene rings is 3. The number of nitrogens with zero attached hydrogens (tertiary/aromatic N) is 2. The molecule has 0 aromatic heterocycles. The van der Waals surface area contributed by atoms with Gasteiger partial charge >= 0.3 is 5.97 Å². The van der Waals surface area contributed by atoms with Crippen LogP contribution in [0.5, 0.6) is 0 Å². The van der Waals surface area contributed by atoms with E-state index >= 15 is 0 Å². The van der Waals surface area contributed by atoms with E-state index in [0.717, 1.165) is 4.90 Å². The zero-order chi connectivity index (χ0) is 21.3. The summed E-state index contributed by atoms with van der Waals surface area (Å²) in [6, 6.07) is 18.8. The van der Waals surface area contributed by atoms with Crippen LogP contribution in [0.15, 0.2) is 78.0 Å². The summed E-state index contributed by atoms with van der Waals surface area (Å²) >= 11 is 11.7. The van der Waals surface area contributed by atoms with E-state index in [2.05, 4.69) is 5.16 Å². The first-order valence-electron chi connectivity index (χ1n) is 8.74. The zero-order valence-corrected chi connectivity index (χ0v) is 16.7. The lowest BCUT2D eigenvalue weighted by molar-refractivity contribution is -0.111. The fraction of sp³-hybridized carbons (Fsp3) is 0. The van der Waals surface area contributed by atoms with Gasteiger partial charge in [0, 0.05) is 21.2 Å². The second-order valence-electron chi connectivity index (χ2n) is 6.30. The van der Waals surface area contributed by atoms with Crippen molar-refractivity contribution in [2.24, 2.45) is 5.16 Å². The standard InChI is InChI=1S/C22H12Cl2N2O4/c23-15-9-5-13(6-10-15)20(27)26-18-4-2-1-3-17(18)19(21(26)28)25-30-22(29)14-7-11-16(24)12-8-14/h1-12H/b25-19+. The monoisotopic (exact) mass is 438 g/mol. The van der Waals surface area contributed by atoms with Crippen LogP contribution in [0.4, 0.5) is 5.69 Å². The molecular weight excluding hydrogens is 427 g/mol. The van der Waals surface area contributed by atoms with E-state index in [-0.39, 0.29) is 16.8 Å². The van der Waals surface area contributed by atoms with Crippen LogP contribution in [0.3, 0.4) is 0 Å². The number of para-hydroxylation sites is 1. The lowest BCUT2D eigenvalue weighted by Crippen LogP contribution is -2.36. The Morgan fingerprint density at radius 3 is 2.00 bits per heavy atom. The average molecular weight is 439 g/mol. The second kappa shape index (κ2) is 8.10. The molecule has 2 amide bonds. The van der Waals surface area contributed by atoms with Crippen molar-refractivity contribution >= 4 is 52.4 Å². The Kier molecular flexibility index (Phi) is 5.35. The molecular formula is C22H12Cl2N2O4. The molecule has 0 bridgehead atoms. The molecule has 148 valence electrons. The summed E-state index contributed by atoms with van der Waals surface area (Å²) in [5.74, 6) is -2.00. The number of imide groups is 1. The van der Waals surface area contributed by atoms with Crippen LogP contribution in [0.1, 0.15) is 26.3 Å². The first-order chi connectivity index (χ1) is 14.5. The first-order valence-corrected chi connectivity index (χ1v) is 9.50. The Labute approximate surface area is 181 Å². The number of rotatable bonds is 3. The lowest BCUT2D eigenvalue weighted by Gasteiger charge is -2.14. The fourth-order valence-electron chi connectivity index (χ4n) is 2.94. The topological polar surface area (TPSA) is 76.0 Å². The van der Waals surface area contributed by atoms with E-state index in [4.69, 9.17) is 28.0 Å². The van der Waals surface area contributed by atoms with Crippen molar-refractivity contribution in [2.45, 2.75) is 0 Å². The minimum Gasteiger partial charge on any atom is -0.312 e. The van der Waals surface area contributed by atoms with E-state index in [1.165, 1.54) is 36.4 Å². The molecule has 1 aliphatic heterocycles. The molecule has 3 aromatic carbocycles. The molecule has 1 aliphatic rings. The highest BCUT2D eigenvalue weighted by molar-refractivity contribution is 6.58. The summed E-state index contributed by atoms with van der Waals surface area (Å²) in [5.41, 5.74) is 1.09. The minimum atomic E-state index is -0.757. The van der Waals surface area contributed by atoms with E-state index in [1.54, 1.807) is 36.4 Å². The third kappa shape index (κ3) is 3.70. The predicted octanol–water partition coefficient (Wildman–Crippen LogP) is 4.74. The van der Waals surface area contributed by atoms with Crippen molar-refractivity contribution in [3.63, 3.8) is 0 Å². The predicted molar refractivity (Wildman–Crippen MR) is 113 cm³/mol. The number of anilines is 1. The Morgan fingerprint density at radius 2 is 1.37 bits per heavy atom. The Bertz CT molecular complexity index is 1190. The summed E-state index contributed by atoms with van der Waals surface area (Å²) in [5, 5.41) is 4.69.